The molecule has 134 valence electrons. The Morgan fingerprint density at radius 1 is 0.846 bits per heavy atom. The van der Waals surface area contributed by atoms with Crippen LogP contribution in [0.1, 0.15) is 24.2 Å². The fourth-order valence-corrected chi connectivity index (χ4v) is 2.13. The van der Waals surface area contributed by atoms with Crippen LogP contribution in [0.2, 0.25) is 0 Å². The van der Waals surface area contributed by atoms with Crippen molar-refractivity contribution < 1.29 is 19.1 Å². The number of rotatable bonds is 6. The third-order valence-electron chi connectivity index (χ3n) is 3.61. The Kier molecular flexibility index (Phi) is 6.27. The van der Waals surface area contributed by atoms with Crippen molar-refractivity contribution in [1.29, 1.82) is 0 Å². The number of hydrogen-bond acceptors (Lipinski definition) is 4. The second kappa shape index (κ2) is 8.62. The predicted molar refractivity (Wildman–Crippen MR) is 100 cm³/mol. The van der Waals surface area contributed by atoms with E-state index in [2.05, 4.69) is 10.6 Å². The first-order valence-corrected chi connectivity index (χ1v) is 7.94. The van der Waals surface area contributed by atoms with Crippen LogP contribution in [-0.4, -0.2) is 24.7 Å². The van der Waals surface area contributed by atoms with E-state index >= 15 is 0 Å². The van der Waals surface area contributed by atoms with E-state index in [0.29, 0.717) is 22.7 Å². The molecule has 6 heteroatoms. The summed E-state index contributed by atoms with van der Waals surface area (Å²) in [5, 5.41) is 5.35. The van der Waals surface area contributed by atoms with Crippen molar-refractivity contribution >= 4 is 29.0 Å². The first kappa shape index (κ1) is 18.9. The second-order valence-electron chi connectivity index (χ2n) is 5.63. The first-order chi connectivity index (χ1) is 12.4. The third-order valence-corrected chi connectivity index (χ3v) is 3.61. The lowest BCUT2D eigenvalue weighted by molar-refractivity contribution is -0.114. The molecule has 2 aromatic rings. The summed E-state index contributed by atoms with van der Waals surface area (Å²) in [4.78, 5) is 35.4. The number of amides is 2. The molecule has 0 aromatic heterocycles. The number of methoxy groups -OCH3 is 1. The zero-order valence-corrected chi connectivity index (χ0v) is 14.8. The van der Waals surface area contributed by atoms with Crippen LogP contribution in [0.5, 0.6) is 5.75 Å². The van der Waals surface area contributed by atoms with Crippen LogP contribution in [0.3, 0.4) is 0 Å². The highest BCUT2D eigenvalue weighted by atomic mass is 16.5. The molecule has 0 aliphatic rings. The van der Waals surface area contributed by atoms with Gasteiger partial charge < -0.3 is 15.4 Å². The zero-order chi connectivity index (χ0) is 19.1. The van der Waals surface area contributed by atoms with Crippen molar-refractivity contribution in [3.63, 3.8) is 0 Å². The minimum Gasteiger partial charge on any atom is -0.497 e. The molecule has 0 bridgehead atoms. The van der Waals surface area contributed by atoms with Crippen LogP contribution < -0.4 is 15.4 Å². The molecule has 0 aliphatic heterocycles. The molecule has 26 heavy (non-hydrogen) atoms. The number of benzene rings is 2. The Labute approximate surface area is 151 Å². The van der Waals surface area contributed by atoms with E-state index in [0.717, 1.165) is 0 Å². The van der Waals surface area contributed by atoms with E-state index in [1.165, 1.54) is 13.0 Å². The minimum absolute atomic E-state index is 0.0474. The van der Waals surface area contributed by atoms with E-state index in [4.69, 9.17) is 4.74 Å². The highest BCUT2D eigenvalue weighted by molar-refractivity contribution is 6.10. The van der Waals surface area contributed by atoms with Gasteiger partial charge in [-0.1, -0.05) is 0 Å². The number of carbonyl (C=O) groups excluding carboxylic acids is 3. The van der Waals surface area contributed by atoms with E-state index < -0.39 is 5.91 Å². The largest absolute Gasteiger partial charge is 0.497 e. The van der Waals surface area contributed by atoms with Gasteiger partial charge in [0.1, 0.15) is 5.75 Å². The summed E-state index contributed by atoms with van der Waals surface area (Å²) in [5.41, 5.74) is 1.97. The van der Waals surface area contributed by atoms with Gasteiger partial charge in [-0.3, -0.25) is 14.4 Å². The average molecular weight is 352 g/mol. The molecule has 2 rings (SSSR count). The predicted octanol–water partition coefficient (Wildman–Crippen LogP) is 3.42. The molecule has 0 saturated heterocycles. The fraction of sp³-hybridized carbons (Fsp3) is 0.150. The summed E-state index contributed by atoms with van der Waals surface area (Å²) >= 11 is 0. The monoisotopic (exact) mass is 352 g/mol. The van der Waals surface area contributed by atoms with Crippen LogP contribution in [-0.2, 0) is 9.59 Å². The van der Waals surface area contributed by atoms with Gasteiger partial charge in [0.15, 0.2) is 5.78 Å². The Bertz CT molecular complexity index is 837. The molecular formula is C20H20N2O4. The van der Waals surface area contributed by atoms with Gasteiger partial charge in [0, 0.05) is 28.6 Å². The highest BCUT2D eigenvalue weighted by Crippen LogP contribution is 2.16. The summed E-state index contributed by atoms with van der Waals surface area (Å²) in [5.74, 6) is -0.167. The Morgan fingerprint density at radius 3 is 1.92 bits per heavy atom. The van der Waals surface area contributed by atoms with Crippen LogP contribution in [0.15, 0.2) is 60.2 Å². The Hall–Kier alpha value is -3.41. The summed E-state index contributed by atoms with van der Waals surface area (Å²) < 4.78 is 5.06. The second-order valence-corrected chi connectivity index (χ2v) is 5.63. The molecule has 0 fully saturated rings. The maximum absolute atomic E-state index is 12.1. The van der Waals surface area contributed by atoms with E-state index in [-0.39, 0.29) is 17.3 Å². The summed E-state index contributed by atoms with van der Waals surface area (Å²) in [6.07, 6.45) is 1.22. The Morgan fingerprint density at radius 2 is 1.38 bits per heavy atom. The molecule has 2 amide bonds. The Balaban J connectivity index is 1.96. The molecule has 0 saturated carbocycles. The van der Waals surface area contributed by atoms with Gasteiger partial charge >= 0.3 is 0 Å². The molecule has 2 aromatic carbocycles. The van der Waals surface area contributed by atoms with Crippen LogP contribution >= 0.6 is 0 Å². The zero-order valence-electron chi connectivity index (χ0n) is 14.8. The normalized spacial score (nSPS) is 10.8. The lowest BCUT2D eigenvalue weighted by Crippen LogP contribution is -2.16. The molecule has 0 heterocycles. The lowest BCUT2D eigenvalue weighted by Gasteiger charge is -2.07. The SMILES string of the molecule is COc1ccc(NC(=O)/C(C)=C/C(=O)Nc2ccc(C(C)=O)cc2)cc1. The third kappa shape index (κ3) is 5.31. The standard InChI is InChI=1S/C20H20N2O4/c1-13(20(25)22-17-8-10-18(26-3)11-9-17)12-19(24)21-16-6-4-15(5-7-16)14(2)23/h4-12H,1-3H3,(H,21,24)(H,22,25)/b13-12+. The quantitative estimate of drug-likeness (QED) is 0.616. The van der Waals surface area contributed by atoms with E-state index in [1.54, 1.807) is 62.6 Å². The highest BCUT2D eigenvalue weighted by Gasteiger charge is 2.08. The van der Waals surface area contributed by atoms with Gasteiger partial charge in [-0.2, -0.15) is 0 Å². The van der Waals surface area contributed by atoms with Gasteiger partial charge in [0.2, 0.25) is 5.91 Å². The molecule has 0 unspecified atom stereocenters. The molecular weight excluding hydrogens is 332 g/mol. The van der Waals surface area contributed by atoms with Crippen molar-refractivity contribution in [3.8, 4) is 5.75 Å². The van der Waals surface area contributed by atoms with Crippen LogP contribution in [0, 0.1) is 0 Å². The van der Waals surface area contributed by atoms with E-state index in [1.807, 2.05) is 0 Å². The van der Waals surface area contributed by atoms with Crippen LogP contribution in [0.4, 0.5) is 11.4 Å². The van der Waals surface area contributed by atoms with Crippen LogP contribution in [0.25, 0.3) is 0 Å². The maximum Gasteiger partial charge on any atom is 0.251 e. The lowest BCUT2D eigenvalue weighted by atomic mass is 10.1. The topological polar surface area (TPSA) is 84.5 Å². The van der Waals surface area contributed by atoms with Gasteiger partial charge in [-0.25, -0.2) is 0 Å². The average Bonchev–Trinajstić information content (AvgIpc) is 2.62. The summed E-state index contributed by atoms with van der Waals surface area (Å²) in [6.45, 7) is 3.03. The van der Waals surface area contributed by atoms with Crippen molar-refractivity contribution in [2.75, 3.05) is 17.7 Å². The fourth-order valence-electron chi connectivity index (χ4n) is 2.13. The number of ether oxygens (including phenoxy) is 1. The minimum atomic E-state index is -0.428. The molecule has 2 N–H and O–H groups in total. The summed E-state index contributed by atoms with van der Waals surface area (Å²) in [6, 6.07) is 13.4. The molecule has 0 spiro atoms. The molecule has 0 atom stereocenters. The maximum atomic E-state index is 12.1. The smallest absolute Gasteiger partial charge is 0.251 e. The van der Waals surface area contributed by atoms with Gasteiger partial charge in [-0.05, 0) is 62.4 Å². The number of nitrogens with one attached hydrogen (secondary N) is 2. The van der Waals surface area contributed by atoms with Crippen molar-refractivity contribution in [2.45, 2.75) is 13.8 Å². The van der Waals surface area contributed by atoms with Gasteiger partial charge in [0.05, 0.1) is 7.11 Å². The molecule has 6 nitrogen and oxygen atoms in total. The first-order valence-electron chi connectivity index (χ1n) is 7.94. The van der Waals surface area contributed by atoms with Crippen molar-refractivity contribution in [3.05, 3.63) is 65.7 Å². The molecule has 0 radical (unpaired) electrons. The number of ketones is 1. The number of carbonyl (C=O) groups is 3. The number of anilines is 2. The van der Waals surface area contributed by atoms with Gasteiger partial charge in [0.25, 0.3) is 5.91 Å². The number of hydrogen-bond donors (Lipinski definition) is 2. The number of Topliss-reactive ketones (excluding diaryl/α,β-unsaturated/α-hetero) is 1. The van der Waals surface area contributed by atoms with E-state index in [9.17, 15) is 14.4 Å². The van der Waals surface area contributed by atoms with Crippen molar-refractivity contribution in [1.82, 2.24) is 0 Å². The van der Waals surface area contributed by atoms with Gasteiger partial charge in [-0.15, -0.1) is 0 Å². The summed E-state index contributed by atoms with van der Waals surface area (Å²) in [7, 11) is 1.56. The van der Waals surface area contributed by atoms with Crippen molar-refractivity contribution in [2.24, 2.45) is 0 Å². The molecule has 0 aliphatic carbocycles.